The summed E-state index contributed by atoms with van der Waals surface area (Å²) in [5.74, 6) is 1.87. The smallest absolute Gasteiger partial charge is 0.320 e. The number of aryl methyl sites for hydroxylation is 3. The second kappa shape index (κ2) is 6.78. The highest BCUT2D eigenvalue weighted by molar-refractivity contribution is 5.88. The van der Waals surface area contributed by atoms with Crippen LogP contribution in [0.15, 0.2) is 28.8 Å². The normalized spacial score (nSPS) is 10.2. The molecule has 112 valence electrons. The summed E-state index contributed by atoms with van der Waals surface area (Å²) in [6.07, 6.45) is 0. The number of rotatable bonds is 5. The van der Waals surface area contributed by atoms with Crippen LogP contribution in [0.1, 0.15) is 16.9 Å². The quantitative estimate of drug-likeness (QED) is 0.830. The van der Waals surface area contributed by atoms with Gasteiger partial charge >= 0.3 is 6.03 Å². The van der Waals surface area contributed by atoms with Gasteiger partial charge in [-0.15, -0.1) is 0 Å². The summed E-state index contributed by atoms with van der Waals surface area (Å²) in [5, 5.41) is 8.93. The summed E-state index contributed by atoms with van der Waals surface area (Å²) in [6.45, 7) is 6.55. The Morgan fingerprint density at radius 3 is 2.81 bits per heavy atom. The Morgan fingerprint density at radius 1 is 1.29 bits per heavy atom. The number of benzene rings is 1. The number of nitrogens with zero attached hydrogens (tertiary/aromatic N) is 1. The van der Waals surface area contributed by atoms with Crippen molar-refractivity contribution < 1.29 is 14.1 Å². The lowest BCUT2D eigenvalue weighted by Crippen LogP contribution is -2.32. The van der Waals surface area contributed by atoms with Crippen molar-refractivity contribution in [3.05, 3.63) is 41.2 Å². The van der Waals surface area contributed by atoms with E-state index in [2.05, 4.69) is 15.8 Å². The molecule has 2 aromatic rings. The molecule has 0 fully saturated rings. The summed E-state index contributed by atoms with van der Waals surface area (Å²) < 4.78 is 10.5. The van der Waals surface area contributed by atoms with Crippen LogP contribution in [0.25, 0.3) is 0 Å². The van der Waals surface area contributed by atoms with Crippen molar-refractivity contribution in [2.24, 2.45) is 0 Å². The van der Waals surface area contributed by atoms with E-state index in [0.29, 0.717) is 24.7 Å². The van der Waals surface area contributed by atoms with Gasteiger partial charge in [0.05, 0.1) is 6.54 Å². The van der Waals surface area contributed by atoms with E-state index in [1.165, 1.54) is 0 Å². The highest BCUT2D eigenvalue weighted by Crippen LogP contribution is 2.18. The van der Waals surface area contributed by atoms with Crippen LogP contribution in [-0.2, 0) is 0 Å². The van der Waals surface area contributed by atoms with Crippen molar-refractivity contribution in [3.63, 3.8) is 0 Å². The molecule has 0 unspecified atom stereocenters. The number of amides is 2. The van der Waals surface area contributed by atoms with Crippen LogP contribution in [0, 0.1) is 20.8 Å². The summed E-state index contributed by atoms with van der Waals surface area (Å²) in [5.41, 5.74) is 2.21. The van der Waals surface area contributed by atoms with Gasteiger partial charge in [0.1, 0.15) is 18.1 Å². The van der Waals surface area contributed by atoms with Crippen molar-refractivity contribution in [1.82, 2.24) is 10.5 Å². The van der Waals surface area contributed by atoms with E-state index in [4.69, 9.17) is 9.26 Å². The largest absolute Gasteiger partial charge is 0.491 e. The van der Waals surface area contributed by atoms with E-state index in [0.717, 1.165) is 16.9 Å². The Morgan fingerprint density at radius 2 is 2.10 bits per heavy atom. The van der Waals surface area contributed by atoms with Gasteiger partial charge in [-0.05, 0) is 38.0 Å². The minimum atomic E-state index is -0.340. The molecule has 0 atom stereocenters. The fraction of sp³-hybridized carbons (Fsp3) is 0.333. The minimum Gasteiger partial charge on any atom is -0.491 e. The number of carbonyl (C=O) groups excluding carboxylic acids is 1. The second-order valence-corrected chi connectivity index (χ2v) is 4.82. The number of ether oxygens (including phenoxy) is 1. The van der Waals surface area contributed by atoms with Gasteiger partial charge in [0, 0.05) is 6.07 Å². The SMILES string of the molecule is Cc1ccc(C)c(OCCNC(=O)Nc2cc(C)on2)c1. The van der Waals surface area contributed by atoms with E-state index in [-0.39, 0.29) is 6.03 Å². The molecule has 1 aromatic carbocycles. The predicted molar refractivity (Wildman–Crippen MR) is 79.7 cm³/mol. The molecule has 0 aliphatic carbocycles. The molecule has 0 saturated carbocycles. The number of anilines is 1. The lowest BCUT2D eigenvalue weighted by Gasteiger charge is -2.10. The van der Waals surface area contributed by atoms with Gasteiger partial charge in [-0.25, -0.2) is 4.79 Å². The van der Waals surface area contributed by atoms with E-state index in [9.17, 15) is 4.79 Å². The number of hydrogen-bond acceptors (Lipinski definition) is 4. The number of nitrogens with one attached hydrogen (secondary N) is 2. The number of urea groups is 1. The Balaban J connectivity index is 1.72. The molecular formula is C15H19N3O3. The van der Waals surface area contributed by atoms with Gasteiger partial charge in [0.2, 0.25) is 0 Å². The van der Waals surface area contributed by atoms with Gasteiger partial charge in [-0.1, -0.05) is 17.3 Å². The molecule has 2 amide bonds. The third kappa shape index (κ3) is 4.52. The van der Waals surface area contributed by atoms with E-state index in [1.807, 2.05) is 32.0 Å². The van der Waals surface area contributed by atoms with E-state index >= 15 is 0 Å². The highest BCUT2D eigenvalue weighted by atomic mass is 16.5. The Hall–Kier alpha value is -2.50. The third-order valence-corrected chi connectivity index (χ3v) is 2.86. The molecule has 1 aromatic heterocycles. The van der Waals surface area contributed by atoms with Crippen molar-refractivity contribution in [2.75, 3.05) is 18.5 Å². The van der Waals surface area contributed by atoms with Crippen LogP contribution in [0.4, 0.5) is 10.6 Å². The van der Waals surface area contributed by atoms with Crippen LogP contribution >= 0.6 is 0 Å². The van der Waals surface area contributed by atoms with Crippen LogP contribution in [0.5, 0.6) is 5.75 Å². The topological polar surface area (TPSA) is 76.4 Å². The zero-order valence-corrected chi connectivity index (χ0v) is 12.4. The maximum Gasteiger partial charge on any atom is 0.320 e. The van der Waals surface area contributed by atoms with Crippen molar-refractivity contribution in [1.29, 1.82) is 0 Å². The highest BCUT2D eigenvalue weighted by Gasteiger charge is 2.05. The first-order valence-corrected chi connectivity index (χ1v) is 6.73. The lowest BCUT2D eigenvalue weighted by molar-refractivity contribution is 0.247. The van der Waals surface area contributed by atoms with Crippen molar-refractivity contribution in [3.8, 4) is 5.75 Å². The molecular weight excluding hydrogens is 270 g/mol. The molecule has 6 nitrogen and oxygen atoms in total. The number of aromatic nitrogens is 1. The summed E-state index contributed by atoms with van der Waals surface area (Å²) in [4.78, 5) is 11.6. The number of hydrogen-bond donors (Lipinski definition) is 2. The minimum absolute atomic E-state index is 0.340. The standard InChI is InChI=1S/C15H19N3O3/c1-10-4-5-11(2)13(8-10)20-7-6-16-15(19)17-14-9-12(3)21-18-14/h4-5,8-9H,6-7H2,1-3H3,(H2,16,17,18,19). The zero-order chi connectivity index (χ0) is 15.2. The van der Waals surface area contributed by atoms with Gasteiger partial charge in [-0.3, -0.25) is 5.32 Å². The first-order valence-electron chi connectivity index (χ1n) is 6.73. The number of carbonyl (C=O) groups is 1. The first-order chi connectivity index (χ1) is 10.0. The Kier molecular flexibility index (Phi) is 4.81. The molecule has 0 radical (unpaired) electrons. The maximum absolute atomic E-state index is 11.6. The predicted octanol–water partition coefficient (Wildman–Crippen LogP) is 2.80. The Labute approximate surface area is 123 Å². The monoisotopic (exact) mass is 289 g/mol. The van der Waals surface area contributed by atoms with Crippen molar-refractivity contribution >= 4 is 11.8 Å². The maximum atomic E-state index is 11.6. The van der Waals surface area contributed by atoms with E-state index < -0.39 is 0 Å². The molecule has 0 aliphatic rings. The van der Waals surface area contributed by atoms with Gasteiger partial charge in [0.15, 0.2) is 5.82 Å². The lowest BCUT2D eigenvalue weighted by atomic mass is 10.1. The average Bonchev–Trinajstić information content (AvgIpc) is 2.84. The molecule has 0 aliphatic heterocycles. The zero-order valence-electron chi connectivity index (χ0n) is 12.4. The molecule has 0 saturated heterocycles. The second-order valence-electron chi connectivity index (χ2n) is 4.82. The van der Waals surface area contributed by atoms with Crippen LogP contribution < -0.4 is 15.4 Å². The Bertz CT molecular complexity index is 622. The average molecular weight is 289 g/mol. The molecule has 1 heterocycles. The van der Waals surface area contributed by atoms with Crippen LogP contribution in [-0.4, -0.2) is 24.3 Å². The van der Waals surface area contributed by atoms with E-state index in [1.54, 1.807) is 13.0 Å². The first kappa shape index (κ1) is 14.9. The van der Waals surface area contributed by atoms with Crippen LogP contribution in [0.3, 0.4) is 0 Å². The van der Waals surface area contributed by atoms with Gasteiger partial charge in [-0.2, -0.15) is 0 Å². The molecule has 2 rings (SSSR count). The molecule has 2 N–H and O–H groups in total. The fourth-order valence-electron chi connectivity index (χ4n) is 1.77. The van der Waals surface area contributed by atoms with Crippen LogP contribution in [0.2, 0.25) is 0 Å². The third-order valence-electron chi connectivity index (χ3n) is 2.86. The summed E-state index contributed by atoms with van der Waals surface area (Å²) >= 11 is 0. The van der Waals surface area contributed by atoms with Gasteiger partial charge < -0.3 is 14.6 Å². The summed E-state index contributed by atoms with van der Waals surface area (Å²) in [6, 6.07) is 7.33. The molecule has 6 heteroatoms. The van der Waals surface area contributed by atoms with Crippen molar-refractivity contribution in [2.45, 2.75) is 20.8 Å². The van der Waals surface area contributed by atoms with Gasteiger partial charge in [0.25, 0.3) is 0 Å². The molecule has 0 bridgehead atoms. The molecule has 0 spiro atoms. The fourth-order valence-corrected chi connectivity index (χ4v) is 1.77. The summed E-state index contributed by atoms with van der Waals surface area (Å²) in [7, 11) is 0. The molecule has 21 heavy (non-hydrogen) atoms.